The van der Waals surface area contributed by atoms with Gasteiger partial charge in [0, 0.05) is 17.9 Å². The third-order valence-electron chi connectivity index (χ3n) is 4.68. The van der Waals surface area contributed by atoms with Crippen molar-refractivity contribution in [2.75, 3.05) is 10.6 Å². The Morgan fingerprint density at radius 3 is 2.81 bits per heavy atom. The van der Waals surface area contributed by atoms with Crippen molar-refractivity contribution in [3.05, 3.63) is 42.2 Å². The van der Waals surface area contributed by atoms with Crippen molar-refractivity contribution in [1.82, 2.24) is 19.6 Å². The molecule has 0 bridgehead atoms. The molecule has 1 saturated carbocycles. The van der Waals surface area contributed by atoms with Crippen molar-refractivity contribution in [2.45, 2.75) is 37.8 Å². The molecule has 27 heavy (non-hydrogen) atoms. The lowest BCUT2D eigenvalue weighted by atomic mass is 9.93. The van der Waals surface area contributed by atoms with Crippen molar-refractivity contribution < 1.29 is 9.90 Å². The largest absolute Gasteiger partial charge is 0.393 e. The van der Waals surface area contributed by atoms with Gasteiger partial charge in [-0.05, 0) is 49.9 Å². The summed E-state index contributed by atoms with van der Waals surface area (Å²) in [6.45, 7) is 0. The minimum Gasteiger partial charge on any atom is -0.393 e. The van der Waals surface area contributed by atoms with Gasteiger partial charge >= 0.3 is 0 Å². The number of primary amides is 1. The molecule has 5 N–H and O–H groups in total. The van der Waals surface area contributed by atoms with Gasteiger partial charge in [0.05, 0.1) is 6.10 Å². The lowest BCUT2D eigenvalue weighted by Gasteiger charge is -2.26. The SMILES string of the molecule is NC(=O)c1cc(Nc2nc3cccc(N[C@H]4CC[C@@H](O)CC4)n3n2)ccn1. The molecule has 0 atom stereocenters. The first-order valence-corrected chi connectivity index (χ1v) is 8.92. The predicted octanol–water partition coefficient (Wildman–Crippen LogP) is 1.68. The van der Waals surface area contributed by atoms with Crippen LogP contribution in [0.2, 0.25) is 0 Å². The van der Waals surface area contributed by atoms with E-state index in [-0.39, 0.29) is 11.8 Å². The van der Waals surface area contributed by atoms with E-state index in [2.05, 4.69) is 25.7 Å². The Bertz CT molecular complexity index is 963. The van der Waals surface area contributed by atoms with E-state index in [0.29, 0.717) is 23.3 Å². The van der Waals surface area contributed by atoms with Crippen molar-refractivity contribution in [3.63, 3.8) is 0 Å². The summed E-state index contributed by atoms with van der Waals surface area (Å²) in [5.74, 6) is 0.664. The molecule has 1 aliphatic rings. The lowest BCUT2D eigenvalue weighted by Crippen LogP contribution is -2.29. The van der Waals surface area contributed by atoms with Crippen LogP contribution in [0.5, 0.6) is 0 Å². The summed E-state index contributed by atoms with van der Waals surface area (Å²) in [5.41, 5.74) is 6.76. The highest BCUT2D eigenvalue weighted by molar-refractivity contribution is 5.91. The zero-order valence-electron chi connectivity index (χ0n) is 14.7. The Morgan fingerprint density at radius 1 is 1.22 bits per heavy atom. The first-order valence-electron chi connectivity index (χ1n) is 8.92. The van der Waals surface area contributed by atoms with Gasteiger partial charge in [0.1, 0.15) is 11.5 Å². The van der Waals surface area contributed by atoms with E-state index in [1.165, 1.54) is 6.20 Å². The second kappa shape index (κ2) is 7.20. The minimum absolute atomic E-state index is 0.172. The predicted molar refractivity (Wildman–Crippen MR) is 101 cm³/mol. The maximum absolute atomic E-state index is 11.3. The number of amides is 1. The molecule has 9 heteroatoms. The maximum atomic E-state index is 11.3. The molecule has 1 amide bonds. The number of aliphatic hydroxyl groups excluding tert-OH is 1. The summed E-state index contributed by atoms with van der Waals surface area (Å²) < 4.78 is 1.74. The molecule has 0 spiro atoms. The molecule has 0 aromatic carbocycles. The van der Waals surface area contributed by atoms with Gasteiger partial charge in [-0.15, -0.1) is 5.10 Å². The zero-order valence-corrected chi connectivity index (χ0v) is 14.7. The van der Waals surface area contributed by atoms with Gasteiger partial charge < -0.3 is 21.5 Å². The molecule has 140 valence electrons. The summed E-state index contributed by atoms with van der Waals surface area (Å²) in [4.78, 5) is 19.7. The third-order valence-corrected chi connectivity index (χ3v) is 4.68. The number of hydrogen-bond donors (Lipinski definition) is 4. The molecule has 3 heterocycles. The summed E-state index contributed by atoms with van der Waals surface area (Å²) in [6.07, 6.45) is 4.77. The van der Waals surface area contributed by atoms with E-state index < -0.39 is 5.91 Å². The number of aliphatic hydroxyl groups is 1. The number of nitrogens with two attached hydrogens (primary N) is 1. The number of fused-ring (bicyclic) bond motifs is 1. The number of nitrogens with one attached hydrogen (secondary N) is 2. The van der Waals surface area contributed by atoms with Crippen molar-refractivity contribution in [1.29, 1.82) is 0 Å². The molecule has 0 radical (unpaired) electrons. The number of nitrogens with zero attached hydrogens (tertiary/aromatic N) is 4. The first-order chi connectivity index (χ1) is 13.1. The van der Waals surface area contributed by atoms with Crippen LogP contribution in [0, 0.1) is 0 Å². The van der Waals surface area contributed by atoms with E-state index in [1.54, 1.807) is 16.6 Å². The number of hydrogen-bond acceptors (Lipinski definition) is 7. The summed E-state index contributed by atoms with van der Waals surface area (Å²) in [6, 6.07) is 9.32. The Hall–Kier alpha value is -3.20. The molecule has 9 nitrogen and oxygen atoms in total. The Morgan fingerprint density at radius 2 is 2.04 bits per heavy atom. The van der Waals surface area contributed by atoms with Crippen LogP contribution in [0.1, 0.15) is 36.2 Å². The molecule has 3 aromatic heterocycles. The van der Waals surface area contributed by atoms with E-state index in [0.717, 1.165) is 31.5 Å². The van der Waals surface area contributed by atoms with Crippen molar-refractivity contribution in [2.24, 2.45) is 5.73 Å². The third kappa shape index (κ3) is 3.82. The van der Waals surface area contributed by atoms with Gasteiger partial charge in [-0.1, -0.05) is 6.07 Å². The molecule has 0 unspecified atom stereocenters. The molecular weight excluding hydrogens is 346 g/mol. The molecule has 1 aliphatic carbocycles. The van der Waals surface area contributed by atoms with Crippen LogP contribution < -0.4 is 16.4 Å². The molecule has 3 aromatic rings. The van der Waals surface area contributed by atoms with Gasteiger partial charge in [0.15, 0.2) is 5.65 Å². The highest BCUT2D eigenvalue weighted by Crippen LogP contribution is 2.23. The number of rotatable bonds is 5. The lowest BCUT2D eigenvalue weighted by molar-refractivity contribution is 0.0995. The highest BCUT2D eigenvalue weighted by atomic mass is 16.3. The fourth-order valence-electron chi connectivity index (χ4n) is 3.27. The number of carbonyl (C=O) groups excluding carboxylic acids is 1. The average Bonchev–Trinajstić information content (AvgIpc) is 3.07. The smallest absolute Gasteiger partial charge is 0.267 e. The Labute approximate surface area is 155 Å². The maximum Gasteiger partial charge on any atom is 0.267 e. The highest BCUT2D eigenvalue weighted by Gasteiger charge is 2.20. The summed E-state index contributed by atoms with van der Waals surface area (Å²) in [5, 5.41) is 20.7. The summed E-state index contributed by atoms with van der Waals surface area (Å²) in [7, 11) is 0. The number of carbonyl (C=O) groups is 1. The van der Waals surface area contributed by atoms with Crippen LogP contribution in [-0.4, -0.2) is 42.7 Å². The average molecular weight is 367 g/mol. The van der Waals surface area contributed by atoms with Crippen LogP contribution >= 0.6 is 0 Å². The normalized spacial score (nSPS) is 19.7. The Balaban J connectivity index is 1.55. The fraction of sp³-hybridized carbons (Fsp3) is 0.333. The molecule has 1 fully saturated rings. The first kappa shape index (κ1) is 17.2. The van der Waals surface area contributed by atoms with E-state index in [4.69, 9.17) is 5.73 Å². The quantitative estimate of drug-likeness (QED) is 0.540. The van der Waals surface area contributed by atoms with Crippen LogP contribution in [0.3, 0.4) is 0 Å². The minimum atomic E-state index is -0.592. The monoisotopic (exact) mass is 367 g/mol. The topological polar surface area (TPSA) is 130 Å². The van der Waals surface area contributed by atoms with Crippen LogP contribution in [0.4, 0.5) is 17.5 Å². The van der Waals surface area contributed by atoms with Crippen molar-refractivity contribution in [3.8, 4) is 0 Å². The van der Waals surface area contributed by atoms with Gasteiger partial charge in [-0.2, -0.15) is 9.50 Å². The second-order valence-corrected chi connectivity index (χ2v) is 6.69. The fourth-order valence-corrected chi connectivity index (χ4v) is 3.27. The van der Waals surface area contributed by atoms with Gasteiger partial charge in [0.2, 0.25) is 5.95 Å². The zero-order chi connectivity index (χ0) is 18.8. The molecule has 0 aliphatic heterocycles. The Kier molecular flexibility index (Phi) is 4.59. The number of pyridine rings is 2. The summed E-state index contributed by atoms with van der Waals surface area (Å²) >= 11 is 0. The molecular formula is C18H21N7O2. The van der Waals surface area contributed by atoms with E-state index in [1.807, 2.05) is 18.2 Å². The van der Waals surface area contributed by atoms with E-state index >= 15 is 0 Å². The van der Waals surface area contributed by atoms with Crippen LogP contribution in [0.15, 0.2) is 36.5 Å². The molecule has 0 saturated heterocycles. The van der Waals surface area contributed by atoms with Crippen LogP contribution in [0.25, 0.3) is 5.65 Å². The van der Waals surface area contributed by atoms with Crippen LogP contribution in [-0.2, 0) is 0 Å². The van der Waals surface area contributed by atoms with E-state index in [9.17, 15) is 9.90 Å². The standard InChI is InChI=1S/C18H21N7O2/c19-17(27)14-10-12(8-9-20-14)22-18-23-16-3-1-2-15(25(16)24-18)21-11-4-6-13(26)7-5-11/h1-3,8-11,13,21,26H,4-7H2,(H2,19,27)(H,20,22,24)/t11-,13+. The second-order valence-electron chi connectivity index (χ2n) is 6.69. The van der Waals surface area contributed by atoms with Gasteiger partial charge in [-0.3, -0.25) is 9.78 Å². The van der Waals surface area contributed by atoms with Gasteiger partial charge in [0.25, 0.3) is 5.91 Å². The molecule has 4 rings (SSSR count). The van der Waals surface area contributed by atoms with Crippen molar-refractivity contribution >= 4 is 29.0 Å². The number of anilines is 3. The van der Waals surface area contributed by atoms with Gasteiger partial charge in [-0.25, -0.2) is 0 Å². The number of aromatic nitrogens is 4.